The highest BCUT2D eigenvalue weighted by Gasteiger charge is 2.31. The molecule has 1 aromatic heterocycles. The summed E-state index contributed by atoms with van der Waals surface area (Å²) in [6.07, 6.45) is 2.42. The van der Waals surface area contributed by atoms with Crippen molar-refractivity contribution in [1.29, 1.82) is 0 Å². The molecule has 0 spiro atoms. The predicted octanol–water partition coefficient (Wildman–Crippen LogP) is 3.28. The number of aryl methyl sites for hydroxylation is 2. The van der Waals surface area contributed by atoms with Crippen LogP contribution < -0.4 is 5.32 Å². The van der Waals surface area contributed by atoms with Crippen molar-refractivity contribution in [1.82, 2.24) is 15.2 Å². The van der Waals surface area contributed by atoms with Gasteiger partial charge in [0.1, 0.15) is 0 Å². The van der Waals surface area contributed by atoms with E-state index >= 15 is 0 Å². The van der Waals surface area contributed by atoms with E-state index in [9.17, 15) is 0 Å². The van der Waals surface area contributed by atoms with Crippen LogP contribution in [-0.2, 0) is 0 Å². The van der Waals surface area contributed by atoms with Crippen LogP contribution in [0.25, 0.3) is 0 Å². The molecule has 0 bridgehead atoms. The maximum absolute atomic E-state index is 4.59. The maximum Gasteiger partial charge on any atom is 0.0900 e. The van der Waals surface area contributed by atoms with Gasteiger partial charge in [0, 0.05) is 36.1 Å². The first-order valence-corrected chi connectivity index (χ1v) is 8.31. The number of hydrogen-bond donors (Lipinski definition) is 1. The summed E-state index contributed by atoms with van der Waals surface area (Å²) >= 11 is 1.86. The summed E-state index contributed by atoms with van der Waals surface area (Å²) in [4.78, 5) is 8.73. The van der Waals surface area contributed by atoms with Crippen LogP contribution in [0, 0.1) is 13.8 Å². The molecule has 0 radical (unpaired) electrons. The Morgan fingerprint density at radius 3 is 2.63 bits per heavy atom. The van der Waals surface area contributed by atoms with Crippen LogP contribution in [0.4, 0.5) is 0 Å². The van der Waals surface area contributed by atoms with Gasteiger partial charge in [-0.2, -0.15) is 0 Å². The van der Waals surface area contributed by atoms with Gasteiger partial charge in [-0.3, -0.25) is 4.90 Å². The Bertz CT molecular complexity index is 416. The van der Waals surface area contributed by atoms with E-state index < -0.39 is 0 Å². The zero-order valence-corrected chi connectivity index (χ0v) is 13.7. The number of hydrogen-bond acceptors (Lipinski definition) is 4. The predicted molar refractivity (Wildman–Crippen MR) is 82.9 cm³/mol. The molecule has 108 valence electrons. The van der Waals surface area contributed by atoms with Gasteiger partial charge in [0.2, 0.25) is 0 Å². The van der Waals surface area contributed by atoms with Crippen LogP contribution in [0.5, 0.6) is 0 Å². The molecule has 1 aromatic rings. The average Bonchev–Trinajstić information content (AvgIpc) is 2.76. The summed E-state index contributed by atoms with van der Waals surface area (Å²) in [5.74, 6) is 0. The zero-order chi connectivity index (χ0) is 14.0. The molecule has 0 aliphatic carbocycles. The van der Waals surface area contributed by atoms with Crippen LogP contribution in [0.3, 0.4) is 0 Å². The van der Waals surface area contributed by atoms with Gasteiger partial charge in [-0.15, -0.1) is 11.3 Å². The molecule has 1 saturated heterocycles. The topological polar surface area (TPSA) is 28.2 Å². The molecule has 19 heavy (non-hydrogen) atoms. The van der Waals surface area contributed by atoms with Crippen molar-refractivity contribution in [3.8, 4) is 0 Å². The Morgan fingerprint density at radius 2 is 2.11 bits per heavy atom. The van der Waals surface area contributed by atoms with Gasteiger partial charge in [-0.25, -0.2) is 4.98 Å². The molecule has 1 N–H and O–H groups in total. The summed E-state index contributed by atoms with van der Waals surface area (Å²) in [6, 6.07) is 1.78. The Labute approximate surface area is 121 Å². The van der Waals surface area contributed by atoms with Gasteiger partial charge in [0.25, 0.3) is 0 Å². The molecule has 1 aliphatic rings. The Hall–Kier alpha value is -0.450. The first-order chi connectivity index (χ1) is 9.06. The second kappa shape index (κ2) is 6.33. The number of aromatic nitrogens is 1. The van der Waals surface area contributed by atoms with Gasteiger partial charge in [-0.1, -0.05) is 13.8 Å². The minimum Gasteiger partial charge on any atom is -0.311 e. The Balaban J connectivity index is 2.18. The lowest BCUT2D eigenvalue weighted by Crippen LogP contribution is -2.56. The highest BCUT2D eigenvalue weighted by Crippen LogP contribution is 2.32. The lowest BCUT2D eigenvalue weighted by atomic mass is 10.0. The lowest BCUT2D eigenvalue weighted by Gasteiger charge is -2.43. The molecule has 0 amide bonds. The van der Waals surface area contributed by atoms with E-state index in [1.54, 1.807) is 0 Å². The van der Waals surface area contributed by atoms with E-state index in [0.29, 0.717) is 18.1 Å². The largest absolute Gasteiger partial charge is 0.311 e. The first kappa shape index (κ1) is 14.9. The number of piperazine rings is 1. The number of rotatable bonds is 4. The molecule has 3 nitrogen and oxygen atoms in total. The first-order valence-electron chi connectivity index (χ1n) is 7.49. The average molecular weight is 281 g/mol. The van der Waals surface area contributed by atoms with Crippen molar-refractivity contribution in [3.05, 3.63) is 15.6 Å². The third-order valence-electron chi connectivity index (χ3n) is 4.32. The van der Waals surface area contributed by atoms with Crippen molar-refractivity contribution in [3.63, 3.8) is 0 Å². The van der Waals surface area contributed by atoms with Gasteiger partial charge < -0.3 is 5.32 Å². The van der Waals surface area contributed by atoms with Crippen molar-refractivity contribution in [2.45, 2.75) is 65.6 Å². The lowest BCUT2D eigenvalue weighted by molar-refractivity contribution is 0.0862. The van der Waals surface area contributed by atoms with E-state index in [1.165, 1.54) is 28.4 Å². The summed E-state index contributed by atoms with van der Waals surface area (Å²) in [7, 11) is 0. The van der Waals surface area contributed by atoms with Crippen LogP contribution in [0.2, 0.25) is 0 Å². The molecule has 1 aliphatic heterocycles. The van der Waals surface area contributed by atoms with Crippen LogP contribution in [0.15, 0.2) is 0 Å². The van der Waals surface area contributed by atoms with E-state index in [4.69, 9.17) is 0 Å². The SMILES string of the molecule is CCC1CN(C(C)c2sc(C)nc2C)C(CC)CN1. The smallest absolute Gasteiger partial charge is 0.0900 e. The summed E-state index contributed by atoms with van der Waals surface area (Å²) in [6.45, 7) is 13.5. The molecule has 2 rings (SSSR count). The Morgan fingerprint density at radius 1 is 1.37 bits per heavy atom. The fraction of sp³-hybridized carbons (Fsp3) is 0.800. The fourth-order valence-corrected chi connectivity index (χ4v) is 4.10. The van der Waals surface area contributed by atoms with Crippen molar-refractivity contribution in [2.75, 3.05) is 13.1 Å². The highest BCUT2D eigenvalue weighted by atomic mass is 32.1. The summed E-state index contributed by atoms with van der Waals surface area (Å²) in [5.41, 5.74) is 1.22. The fourth-order valence-electron chi connectivity index (χ4n) is 3.10. The quantitative estimate of drug-likeness (QED) is 0.918. The van der Waals surface area contributed by atoms with E-state index in [0.717, 1.165) is 13.1 Å². The number of nitrogens with one attached hydrogen (secondary N) is 1. The molecule has 1 fully saturated rings. The minimum atomic E-state index is 0.493. The molecule has 3 unspecified atom stereocenters. The molecule has 3 atom stereocenters. The maximum atomic E-state index is 4.59. The molecule has 0 aromatic carbocycles. The molecular weight excluding hydrogens is 254 g/mol. The highest BCUT2D eigenvalue weighted by molar-refractivity contribution is 7.11. The monoisotopic (exact) mass is 281 g/mol. The normalized spacial score (nSPS) is 26.6. The van der Waals surface area contributed by atoms with E-state index in [-0.39, 0.29) is 0 Å². The minimum absolute atomic E-state index is 0.493. The molecule has 0 saturated carbocycles. The van der Waals surface area contributed by atoms with Gasteiger partial charge in [0.05, 0.1) is 10.7 Å². The third-order valence-corrected chi connectivity index (χ3v) is 5.57. The standard InChI is InChI=1S/C15H27N3S/c1-6-13-9-18(14(7-2)8-16-13)11(4)15-10(3)17-12(5)19-15/h11,13-14,16H,6-9H2,1-5H3. The van der Waals surface area contributed by atoms with Crippen molar-refractivity contribution < 1.29 is 0 Å². The second-order valence-electron chi connectivity index (χ2n) is 5.63. The van der Waals surface area contributed by atoms with Crippen LogP contribution >= 0.6 is 11.3 Å². The number of thiazole rings is 1. The second-order valence-corrected chi connectivity index (χ2v) is 6.87. The van der Waals surface area contributed by atoms with Crippen LogP contribution in [-0.4, -0.2) is 35.1 Å². The van der Waals surface area contributed by atoms with Gasteiger partial charge in [0.15, 0.2) is 0 Å². The molecule has 2 heterocycles. The summed E-state index contributed by atoms with van der Waals surface area (Å²) < 4.78 is 0. The zero-order valence-electron chi connectivity index (χ0n) is 12.9. The van der Waals surface area contributed by atoms with Gasteiger partial charge >= 0.3 is 0 Å². The van der Waals surface area contributed by atoms with Crippen LogP contribution in [0.1, 0.15) is 55.2 Å². The number of nitrogens with zero attached hydrogens (tertiary/aromatic N) is 2. The van der Waals surface area contributed by atoms with Gasteiger partial charge in [-0.05, 0) is 33.6 Å². The molecule has 4 heteroatoms. The molecular formula is C15H27N3S. The van der Waals surface area contributed by atoms with Crippen molar-refractivity contribution >= 4 is 11.3 Å². The van der Waals surface area contributed by atoms with Crippen molar-refractivity contribution in [2.24, 2.45) is 0 Å². The van der Waals surface area contributed by atoms with E-state index in [2.05, 4.69) is 49.8 Å². The summed E-state index contributed by atoms with van der Waals surface area (Å²) in [5, 5.41) is 4.86. The third kappa shape index (κ3) is 3.18. The van der Waals surface area contributed by atoms with E-state index in [1.807, 2.05) is 11.3 Å². The Kier molecular flexibility index (Phi) is 4.98.